The summed E-state index contributed by atoms with van der Waals surface area (Å²) < 4.78 is 5.08. The van der Waals surface area contributed by atoms with E-state index in [0.717, 1.165) is 17.7 Å². The van der Waals surface area contributed by atoms with Crippen molar-refractivity contribution in [2.75, 3.05) is 23.8 Å². The number of nitrogen functional groups attached to an aromatic ring is 1. The predicted molar refractivity (Wildman–Crippen MR) is 88.6 cm³/mol. The molecular weight excluding hydrogens is 316 g/mol. The lowest BCUT2D eigenvalue weighted by molar-refractivity contribution is -0.121. The van der Waals surface area contributed by atoms with Gasteiger partial charge in [0.1, 0.15) is 0 Å². The second-order valence-corrected chi connectivity index (χ2v) is 5.64. The van der Waals surface area contributed by atoms with Gasteiger partial charge in [-0.2, -0.15) is 0 Å². The van der Waals surface area contributed by atoms with E-state index in [1.54, 1.807) is 4.90 Å². The Morgan fingerprint density at radius 1 is 1.22 bits per heavy atom. The number of anilines is 2. The van der Waals surface area contributed by atoms with Crippen LogP contribution < -0.4 is 10.6 Å². The molecule has 118 valence electrons. The molecule has 0 atom stereocenters. The molecule has 0 fully saturated rings. The molecule has 0 aliphatic carbocycles. The van der Waals surface area contributed by atoms with E-state index in [4.69, 9.17) is 22.1 Å². The first kappa shape index (κ1) is 15.4. The van der Waals surface area contributed by atoms with E-state index in [1.165, 1.54) is 18.2 Å². The van der Waals surface area contributed by atoms with Crippen LogP contribution in [0.2, 0.25) is 5.02 Å². The van der Waals surface area contributed by atoms with E-state index in [2.05, 4.69) is 0 Å². The minimum absolute atomic E-state index is 0.245. The van der Waals surface area contributed by atoms with Gasteiger partial charge < -0.3 is 15.4 Å². The third-order valence-electron chi connectivity index (χ3n) is 3.75. The van der Waals surface area contributed by atoms with Gasteiger partial charge >= 0.3 is 5.97 Å². The van der Waals surface area contributed by atoms with Crippen LogP contribution in [0.25, 0.3) is 0 Å². The molecule has 0 saturated heterocycles. The molecule has 3 rings (SSSR count). The Hall–Kier alpha value is -2.53. The molecule has 1 aliphatic heterocycles. The summed E-state index contributed by atoms with van der Waals surface area (Å²) in [6.45, 7) is 0.291. The average molecular weight is 331 g/mol. The van der Waals surface area contributed by atoms with Crippen LogP contribution in [0.1, 0.15) is 15.9 Å². The van der Waals surface area contributed by atoms with Crippen molar-refractivity contribution in [3.8, 4) is 0 Å². The molecule has 0 aromatic heterocycles. The molecule has 2 aromatic rings. The van der Waals surface area contributed by atoms with Gasteiger partial charge in [-0.25, -0.2) is 4.79 Å². The predicted octanol–water partition coefficient (Wildman–Crippen LogP) is 2.67. The Bertz CT molecular complexity index is 776. The molecule has 23 heavy (non-hydrogen) atoms. The second-order valence-electron chi connectivity index (χ2n) is 5.24. The second kappa shape index (κ2) is 6.30. The van der Waals surface area contributed by atoms with Crippen LogP contribution in [0, 0.1) is 0 Å². The number of hydrogen-bond donors (Lipinski definition) is 1. The van der Waals surface area contributed by atoms with Crippen molar-refractivity contribution in [3.05, 3.63) is 58.6 Å². The van der Waals surface area contributed by atoms with E-state index in [9.17, 15) is 9.59 Å². The fourth-order valence-corrected chi connectivity index (χ4v) is 2.67. The van der Waals surface area contributed by atoms with Gasteiger partial charge in [0.15, 0.2) is 6.61 Å². The number of benzene rings is 2. The zero-order chi connectivity index (χ0) is 16.4. The summed E-state index contributed by atoms with van der Waals surface area (Å²) >= 11 is 5.81. The molecule has 0 spiro atoms. The fourth-order valence-electron chi connectivity index (χ4n) is 2.56. The van der Waals surface area contributed by atoms with E-state index in [-0.39, 0.29) is 18.1 Å². The van der Waals surface area contributed by atoms with Crippen LogP contribution in [0.5, 0.6) is 0 Å². The number of ether oxygens (including phenoxy) is 1. The highest BCUT2D eigenvalue weighted by atomic mass is 35.5. The standard InChI is InChI=1S/C17H15ClN2O3/c18-13-6-5-12(9-14(13)19)17(22)23-10-16(21)20-8-7-11-3-1-2-4-15(11)20/h1-6,9H,7-8,10,19H2. The van der Waals surface area contributed by atoms with Gasteiger partial charge in [-0.1, -0.05) is 29.8 Å². The summed E-state index contributed by atoms with van der Waals surface area (Å²) in [7, 11) is 0. The van der Waals surface area contributed by atoms with Crippen LogP contribution in [0.4, 0.5) is 11.4 Å². The lowest BCUT2D eigenvalue weighted by Gasteiger charge is -2.17. The van der Waals surface area contributed by atoms with Crippen LogP contribution in [-0.4, -0.2) is 25.0 Å². The van der Waals surface area contributed by atoms with E-state index in [1.807, 2.05) is 24.3 Å². The van der Waals surface area contributed by atoms with Crippen molar-refractivity contribution in [2.45, 2.75) is 6.42 Å². The number of hydrogen-bond acceptors (Lipinski definition) is 4. The molecule has 1 aliphatic rings. The number of esters is 1. The van der Waals surface area contributed by atoms with Gasteiger partial charge in [0.25, 0.3) is 5.91 Å². The third-order valence-corrected chi connectivity index (χ3v) is 4.09. The minimum atomic E-state index is -0.603. The number of nitrogens with two attached hydrogens (primary N) is 1. The van der Waals surface area contributed by atoms with Gasteiger partial charge in [-0.15, -0.1) is 0 Å². The molecule has 1 heterocycles. The molecule has 1 amide bonds. The van der Waals surface area contributed by atoms with E-state index >= 15 is 0 Å². The van der Waals surface area contributed by atoms with Gasteiger partial charge in [0, 0.05) is 12.2 Å². The van der Waals surface area contributed by atoms with Crippen LogP contribution in [0.3, 0.4) is 0 Å². The molecule has 6 heteroatoms. The van der Waals surface area contributed by atoms with Crippen molar-refractivity contribution in [1.82, 2.24) is 0 Å². The first-order valence-electron chi connectivity index (χ1n) is 7.16. The van der Waals surface area contributed by atoms with E-state index < -0.39 is 5.97 Å². The van der Waals surface area contributed by atoms with Crippen molar-refractivity contribution >= 4 is 34.9 Å². The number of carbonyl (C=O) groups is 2. The van der Waals surface area contributed by atoms with Crippen molar-refractivity contribution in [3.63, 3.8) is 0 Å². The van der Waals surface area contributed by atoms with Crippen molar-refractivity contribution in [1.29, 1.82) is 0 Å². The summed E-state index contributed by atoms with van der Waals surface area (Å²) in [5, 5.41) is 0.367. The average Bonchev–Trinajstić information content (AvgIpc) is 2.99. The smallest absolute Gasteiger partial charge is 0.338 e. The van der Waals surface area contributed by atoms with Crippen LogP contribution in [0.15, 0.2) is 42.5 Å². The minimum Gasteiger partial charge on any atom is -0.452 e. The van der Waals surface area contributed by atoms with Crippen LogP contribution in [-0.2, 0) is 16.0 Å². The van der Waals surface area contributed by atoms with Crippen molar-refractivity contribution in [2.24, 2.45) is 0 Å². The molecule has 0 radical (unpaired) electrons. The SMILES string of the molecule is Nc1cc(C(=O)OCC(=O)N2CCc3ccccc32)ccc1Cl. The molecule has 2 aromatic carbocycles. The van der Waals surface area contributed by atoms with Gasteiger partial charge in [0.05, 0.1) is 16.3 Å². The highest BCUT2D eigenvalue weighted by Crippen LogP contribution is 2.27. The number of para-hydroxylation sites is 1. The Morgan fingerprint density at radius 2 is 2.00 bits per heavy atom. The summed E-state index contributed by atoms with van der Waals surface area (Å²) in [5.41, 5.74) is 8.21. The first-order chi connectivity index (χ1) is 11.1. The normalized spacial score (nSPS) is 12.8. The molecule has 0 bridgehead atoms. The maximum absolute atomic E-state index is 12.3. The molecule has 0 saturated carbocycles. The topological polar surface area (TPSA) is 72.6 Å². The zero-order valence-corrected chi connectivity index (χ0v) is 13.0. The Balaban J connectivity index is 1.63. The molecular formula is C17H15ClN2O3. The number of rotatable bonds is 3. The Labute approximate surface area is 138 Å². The fraction of sp³-hybridized carbons (Fsp3) is 0.176. The lowest BCUT2D eigenvalue weighted by atomic mass is 10.2. The monoisotopic (exact) mass is 330 g/mol. The summed E-state index contributed by atoms with van der Waals surface area (Å²) in [5.74, 6) is -0.848. The maximum atomic E-state index is 12.3. The summed E-state index contributed by atoms with van der Waals surface area (Å²) in [4.78, 5) is 25.9. The quantitative estimate of drug-likeness (QED) is 0.693. The Kier molecular flexibility index (Phi) is 4.21. The highest BCUT2D eigenvalue weighted by Gasteiger charge is 2.25. The van der Waals surface area contributed by atoms with E-state index in [0.29, 0.717) is 17.3 Å². The summed E-state index contributed by atoms with van der Waals surface area (Å²) in [6.07, 6.45) is 0.809. The number of fused-ring (bicyclic) bond motifs is 1. The van der Waals surface area contributed by atoms with Crippen LogP contribution >= 0.6 is 11.6 Å². The Morgan fingerprint density at radius 3 is 2.78 bits per heavy atom. The number of halogens is 1. The molecule has 2 N–H and O–H groups in total. The highest BCUT2D eigenvalue weighted by molar-refractivity contribution is 6.33. The number of nitrogens with zero attached hydrogens (tertiary/aromatic N) is 1. The van der Waals surface area contributed by atoms with Crippen molar-refractivity contribution < 1.29 is 14.3 Å². The van der Waals surface area contributed by atoms with Gasteiger partial charge in [-0.3, -0.25) is 4.79 Å². The van der Waals surface area contributed by atoms with Gasteiger partial charge in [-0.05, 0) is 36.2 Å². The largest absolute Gasteiger partial charge is 0.452 e. The maximum Gasteiger partial charge on any atom is 0.338 e. The first-order valence-corrected chi connectivity index (χ1v) is 7.54. The number of amides is 1. The van der Waals surface area contributed by atoms with Gasteiger partial charge in [0.2, 0.25) is 0 Å². The molecule has 5 nitrogen and oxygen atoms in total. The molecule has 0 unspecified atom stereocenters. The summed E-state index contributed by atoms with van der Waals surface area (Å²) in [6, 6.07) is 12.2. The zero-order valence-electron chi connectivity index (χ0n) is 12.3. The third kappa shape index (κ3) is 3.14. The lowest BCUT2D eigenvalue weighted by Crippen LogP contribution is -2.33. The number of carbonyl (C=O) groups excluding carboxylic acids is 2.